The number of carbonyl (C=O) groups is 1. The van der Waals surface area contributed by atoms with Gasteiger partial charge in [0.2, 0.25) is 5.91 Å². The van der Waals surface area contributed by atoms with Crippen molar-refractivity contribution in [2.24, 2.45) is 5.92 Å². The lowest BCUT2D eigenvalue weighted by Gasteiger charge is -2.27. The molecular formula is C14H19NO2. The zero-order valence-corrected chi connectivity index (χ0v) is 10.2. The van der Waals surface area contributed by atoms with Crippen LogP contribution in [0.4, 0.5) is 0 Å². The molecule has 0 bridgehead atoms. The van der Waals surface area contributed by atoms with Gasteiger partial charge >= 0.3 is 0 Å². The van der Waals surface area contributed by atoms with Gasteiger partial charge < -0.3 is 10.0 Å². The van der Waals surface area contributed by atoms with Crippen molar-refractivity contribution in [3.05, 3.63) is 35.4 Å². The van der Waals surface area contributed by atoms with Crippen LogP contribution in [-0.2, 0) is 17.6 Å². The molecule has 0 fully saturated rings. The van der Waals surface area contributed by atoms with Gasteiger partial charge in [-0.3, -0.25) is 4.79 Å². The van der Waals surface area contributed by atoms with Gasteiger partial charge in [0, 0.05) is 19.5 Å². The van der Waals surface area contributed by atoms with Crippen molar-refractivity contribution in [2.75, 3.05) is 20.2 Å². The number of likely N-dealkylation sites (N-methyl/N-ethyl adjacent to an activating group) is 1. The van der Waals surface area contributed by atoms with Crippen LogP contribution < -0.4 is 0 Å². The Hall–Kier alpha value is -1.35. The molecule has 0 radical (unpaired) electrons. The maximum Gasteiger partial charge on any atom is 0.225 e. The molecule has 0 heterocycles. The minimum absolute atomic E-state index is 0.0333. The normalized spacial score (nSPS) is 18.6. The van der Waals surface area contributed by atoms with Crippen molar-refractivity contribution in [3.63, 3.8) is 0 Å². The Balaban J connectivity index is 2.05. The number of amides is 1. The number of nitrogens with zero attached hydrogens (tertiary/aromatic N) is 1. The molecule has 1 aromatic carbocycles. The Labute approximate surface area is 102 Å². The molecule has 3 nitrogen and oxygen atoms in total. The van der Waals surface area contributed by atoms with Crippen LogP contribution in [-0.4, -0.2) is 36.1 Å². The third-order valence-corrected chi connectivity index (χ3v) is 3.51. The highest BCUT2D eigenvalue weighted by atomic mass is 16.3. The Morgan fingerprint density at radius 1 is 1.41 bits per heavy atom. The summed E-state index contributed by atoms with van der Waals surface area (Å²) in [5, 5.41) is 8.85. The molecule has 1 amide bonds. The van der Waals surface area contributed by atoms with E-state index in [4.69, 9.17) is 5.11 Å². The van der Waals surface area contributed by atoms with Gasteiger partial charge in [0.1, 0.15) is 0 Å². The number of carbonyl (C=O) groups excluding carboxylic acids is 1. The predicted octanol–water partition coefficient (Wildman–Crippen LogP) is 1.24. The maximum atomic E-state index is 12.1. The zero-order valence-electron chi connectivity index (χ0n) is 10.2. The minimum atomic E-state index is 0.0333. The quantitative estimate of drug-likeness (QED) is 0.853. The zero-order chi connectivity index (χ0) is 12.3. The molecular weight excluding hydrogens is 214 g/mol. The fraction of sp³-hybridized carbons (Fsp3) is 0.500. The number of hydrogen-bond acceptors (Lipinski definition) is 2. The van der Waals surface area contributed by atoms with Gasteiger partial charge in [0.25, 0.3) is 0 Å². The van der Waals surface area contributed by atoms with E-state index >= 15 is 0 Å². The number of aryl methyl sites for hydroxylation is 1. The minimum Gasteiger partial charge on any atom is -0.395 e. The van der Waals surface area contributed by atoms with Crippen LogP contribution in [0.15, 0.2) is 24.3 Å². The van der Waals surface area contributed by atoms with Gasteiger partial charge in [-0.05, 0) is 30.4 Å². The second kappa shape index (κ2) is 5.32. The Morgan fingerprint density at radius 3 is 2.82 bits per heavy atom. The molecule has 0 saturated heterocycles. The van der Waals surface area contributed by atoms with Gasteiger partial charge in [0.15, 0.2) is 0 Å². The van der Waals surface area contributed by atoms with Crippen LogP contribution in [0.5, 0.6) is 0 Å². The number of aliphatic hydroxyl groups excluding tert-OH is 1. The monoisotopic (exact) mass is 233 g/mol. The summed E-state index contributed by atoms with van der Waals surface area (Å²) >= 11 is 0. The first-order valence-electron chi connectivity index (χ1n) is 6.15. The molecule has 1 unspecified atom stereocenters. The van der Waals surface area contributed by atoms with Crippen LogP contribution in [0.25, 0.3) is 0 Å². The predicted molar refractivity (Wildman–Crippen MR) is 66.7 cm³/mol. The van der Waals surface area contributed by atoms with E-state index in [1.165, 1.54) is 11.1 Å². The third-order valence-electron chi connectivity index (χ3n) is 3.51. The van der Waals surface area contributed by atoms with E-state index in [0.29, 0.717) is 6.54 Å². The first-order valence-corrected chi connectivity index (χ1v) is 6.15. The molecule has 17 heavy (non-hydrogen) atoms. The Bertz CT molecular complexity index is 403. The summed E-state index contributed by atoms with van der Waals surface area (Å²) in [5.41, 5.74) is 2.68. The molecule has 0 aliphatic heterocycles. The first-order chi connectivity index (χ1) is 8.22. The van der Waals surface area contributed by atoms with Crippen LogP contribution >= 0.6 is 0 Å². The lowest BCUT2D eigenvalue weighted by Crippen LogP contribution is -2.37. The molecule has 0 saturated carbocycles. The Morgan fingerprint density at radius 2 is 2.12 bits per heavy atom. The molecule has 0 spiro atoms. The van der Waals surface area contributed by atoms with Crippen LogP contribution in [0, 0.1) is 5.92 Å². The first kappa shape index (κ1) is 12.1. The number of hydrogen-bond donors (Lipinski definition) is 1. The average molecular weight is 233 g/mol. The van der Waals surface area contributed by atoms with Gasteiger partial charge in [-0.15, -0.1) is 0 Å². The van der Waals surface area contributed by atoms with Crippen molar-refractivity contribution >= 4 is 5.91 Å². The molecule has 1 N–H and O–H groups in total. The van der Waals surface area contributed by atoms with Gasteiger partial charge in [-0.25, -0.2) is 0 Å². The third kappa shape index (κ3) is 2.67. The number of rotatable bonds is 3. The van der Waals surface area contributed by atoms with E-state index in [-0.39, 0.29) is 18.4 Å². The highest BCUT2D eigenvalue weighted by Gasteiger charge is 2.26. The summed E-state index contributed by atoms with van der Waals surface area (Å²) < 4.78 is 0. The molecule has 1 atom stereocenters. The molecule has 1 aliphatic carbocycles. The van der Waals surface area contributed by atoms with E-state index in [1.807, 2.05) is 6.07 Å². The van der Waals surface area contributed by atoms with E-state index in [2.05, 4.69) is 18.2 Å². The number of aliphatic hydroxyl groups is 1. The fourth-order valence-electron chi connectivity index (χ4n) is 2.48. The lowest BCUT2D eigenvalue weighted by molar-refractivity contribution is -0.135. The summed E-state index contributed by atoms with van der Waals surface area (Å²) in [5.74, 6) is 0.245. The summed E-state index contributed by atoms with van der Waals surface area (Å²) in [6.07, 6.45) is 2.75. The second-order valence-electron chi connectivity index (χ2n) is 4.69. The van der Waals surface area contributed by atoms with E-state index in [1.54, 1.807) is 11.9 Å². The molecule has 0 aromatic heterocycles. The molecule has 2 rings (SSSR count). The maximum absolute atomic E-state index is 12.1. The number of fused-ring (bicyclic) bond motifs is 1. The summed E-state index contributed by atoms with van der Waals surface area (Å²) in [7, 11) is 1.76. The van der Waals surface area contributed by atoms with Crippen molar-refractivity contribution < 1.29 is 9.90 Å². The molecule has 92 valence electrons. The van der Waals surface area contributed by atoms with Crippen LogP contribution in [0.3, 0.4) is 0 Å². The van der Waals surface area contributed by atoms with Gasteiger partial charge in [-0.2, -0.15) is 0 Å². The summed E-state index contributed by atoms with van der Waals surface area (Å²) in [4.78, 5) is 13.8. The van der Waals surface area contributed by atoms with Crippen molar-refractivity contribution in [2.45, 2.75) is 19.3 Å². The number of benzene rings is 1. The molecule has 1 aliphatic rings. The van der Waals surface area contributed by atoms with Crippen molar-refractivity contribution in [1.29, 1.82) is 0 Å². The SMILES string of the molecule is CN(CCO)C(=O)C1CCc2ccccc2C1. The summed E-state index contributed by atoms with van der Waals surface area (Å²) in [6, 6.07) is 8.34. The fourth-order valence-corrected chi connectivity index (χ4v) is 2.48. The second-order valence-corrected chi connectivity index (χ2v) is 4.69. The lowest BCUT2D eigenvalue weighted by atomic mass is 9.83. The smallest absolute Gasteiger partial charge is 0.225 e. The largest absolute Gasteiger partial charge is 0.395 e. The molecule has 1 aromatic rings. The highest BCUT2D eigenvalue weighted by Crippen LogP contribution is 2.26. The van der Waals surface area contributed by atoms with E-state index in [9.17, 15) is 4.79 Å². The topological polar surface area (TPSA) is 40.5 Å². The van der Waals surface area contributed by atoms with Gasteiger partial charge in [0.05, 0.1) is 6.61 Å². The average Bonchev–Trinajstić information content (AvgIpc) is 2.37. The summed E-state index contributed by atoms with van der Waals surface area (Å²) in [6.45, 7) is 0.461. The van der Waals surface area contributed by atoms with E-state index < -0.39 is 0 Å². The van der Waals surface area contributed by atoms with Crippen LogP contribution in [0.2, 0.25) is 0 Å². The Kier molecular flexibility index (Phi) is 3.79. The van der Waals surface area contributed by atoms with Crippen molar-refractivity contribution in [3.8, 4) is 0 Å². The molecule has 3 heteroatoms. The standard InChI is InChI=1S/C14H19NO2/c1-15(8-9-16)14(17)13-7-6-11-4-2-3-5-12(11)10-13/h2-5,13,16H,6-10H2,1H3. The van der Waals surface area contributed by atoms with Crippen LogP contribution in [0.1, 0.15) is 17.5 Å². The highest BCUT2D eigenvalue weighted by molar-refractivity contribution is 5.79. The van der Waals surface area contributed by atoms with Crippen molar-refractivity contribution in [1.82, 2.24) is 4.90 Å². The van der Waals surface area contributed by atoms with Gasteiger partial charge in [-0.1, -0.05) is 24.3 Å². The van der Waals surface area contributed by atoms with E-state index in [0.717, 1.165) is 19.3 Å².